The molecule has 0 unspecified atom stereocenters. The molecule has 1 aromatic rings. The summed E-state index contributed by atoms with van der Waals surface area (Å²) in [5, 5.41) is 8.90. The van der Waals surface area contributed by atoms with Crippen molar-refractivity contribution in [3.8, 4) is 6.07 Å². The molecule has 2 rings (SSSR count). The first kappa shape index (κ1) is 14.3. The van der Waals surface area contributed by atoms with E-state index >= 15 is 0 Å². The van der Waals surface area contributed by atoms with Crippen molar-refractivity contribution in [3.63, 3.8) is 0 Å². The summed E-state index contributed by atoms with van der Waals surface area (Å²) in [6.45, 7) is 6.20. The standard InChI is InChI=1S/C15H18BrFN2/c1-3-15(4-2)7-8-19(10-15)12-6-5-11(9-18)13(16)14(12)17/h5-6H,3-4,7-8,10H2,1-2H3. The van der Waals surface area contributed by atoms with Crippen LogP contribution in [0.15, 0.2) is 16.6 Å². The number of anilines is 1. The number of hydrogen-bond donors (Lipinski definition) is 0. The van der Waals surface area contributed by atoms with Crippen LogP contribution in [0.4, 0.5) is 10.1 Å². The lowest BCUT2D eigenvalue weighted by Crippen LogP contribution is -2.26. The first-order valence-electron chi connectivity index (χ1n) is 6.70. The second kappa shape index (κ2) is 5.50. The Labute approximate surface area is 122 Å². The van der Waals surface area contributed by atoms with E-state index in [4.69, 9.17) is 5.26 Å². The normalized spacial score (nSPS) is 17.5. The van der Waals surface area contributed by atoms with Crippen LogP contribution in [0, 0.1) is 22.6 Å². The molecular weight excluding hydrogens is 307 g/mol. The summed E-state index contributed by atoms with van der Waals surface area (Å²) >= 11 is 3.18. The fraction of sp³-hybridized carbons (Fsp3) is 0.533. The number of rotatable bonds is 3. The molecule has 0 aliphatic carbocycles. The minimum atomic E-state index is -0.318. The minimum absolute atomic E-state index is 0.276. The maximum Gasteiger partial charge on any atom is 0.161 e. The Morgan fingerprint density at radius 3 is 2.63 bits per heavy atom. The molecule has 0 N–H and O–H groups in total. The molecule has 0 radical (unpaired) electrons. The summed E-state index contributed by atoms with van der Waals surface area (Å²) in [5.74, 6) is -0.318. The molecule has 1 fully saturated rings. The molecule has 0 bridgehead atoms. The molecule has 1 saturated heterocycles. The van der Waals surface area contributed by atoms with Crippen LogP contribution in [0.3, 0.4) is 0 Å². The highest BCUT2D eigenvalue weighted by atomic mass is 79.9. The van der Waals surface area contributed by atoms with E-state index < -0.39 is 0 Å². The Balaban J connectivity index is 2.31. The van der Waals surface area contributed by atoms with Gasteiger partial charge in [-0.15, -0.1) is 0 Å². The van der Waals surface area contributed by atoms with E-state index in [9.17, 15) is 4.39 Å². The average Bonchev–Trinajstić information content (AvgIpc) is 2.87. The van der Waals surface area contributed by atoms with Crippen LogP contribution in [0.25, 0.3) is 0 Å². The van der Waals surface area contributed by atoms with Crippen molar-refractivity contribution in [2.75, 3.05) is 18.0 Å². The predicted octanol–water partition coefficient (Wildman–Crippen LogP) is 4.48. The highest BCUT2D eigenvalue weighted by molar-refractivity contribution is 9.10. The fourth-order valence-corrected chi connectivity index (χ4v) is 3.26. The van der Waals surface area contributed by atoms with E-state index in [1.54, 1.807) is 12.1 Å². The van der Waals surface area contributed by atoms with Crippen molar-refractivity contribution >= 4 is 21.6 Å². The summed E-state index contributed by atoms with van der Waals surface area (Å²) in [6, 6.07) is 5.39. The molecule has 2 nitrogen and oxygen atoms in total. The fourth-order valence-electron chi connectivity index (χ4n) is 2.84. The van der Waals surface area contributed by atoms with E-state index in [1.807, 2.05) is 6.07 Å². The van der Waals surface area contributed by atoms with Gasteiger partial charge in [0.05, 0.1) is 15.7 Å². The van der Waals surface area contributed by atoms with Crippen molar-refractivity contribution in [2.45, 2.75) is 33.1 Å². The van der Waals surface area contributed by atoms with E-state index in [0.717, 1.165) is 32.4 Å². The van der Waals surface area contributed by atoms with E-state index in [2.05, 4.69) is 34.7 Å². The number of hydrogen-bond acceptors (Lipinski definition) is 2. The van der Waals surface area contributed by atoms with Crippen LogP contribution in [-0.4, -0.2) is 13.1 Å². The Morgan fingerprint density at radius 1 is 1.42 bits per heavy atom. The summed E-state index contributed by atoms with van der Waals surface area (Å²) < 4.78 is 14.6. The summed E-state index contributed by atoms with van der Waals surface area (Å²) in [7, 11) is 0. The Bertz CT molecular complexity index is 518. The van der Waals surface area contributed by atoms with Gasteiger partial charge in [-0.05, 0) is 52.7 Å². The van der Waals surface area contributed by atoms with Gasteiger partial charge in [0.25, 0.3) is 0 Å². The van der Waals surface area contributed by atoms with Crippen molar-refractivity contribution in [2.24, 2.45) is 5.41 Å². The molecule has 1 aliphatic rings. The lowest BCUT2D eigenvalue weighted by atomic mass is 9.82. The predicted molar refractivity (Wildman–Crippen MR) is 78.7 cm³/mol. The van der Waals surface area contributed by atoms with Gasteiger partial charge in [0.15, 0.2) is 5.82 Å². The van der Waals surface area contributed by atoms with Crippen LogP contribution in [0.1, 0.15) is 38.7 Å². The summed E-state index contributed by atoms with van der Waals surface area (Å²) in [5.41, 5.74) is 1.26. The summed E-state index contributed by atoms with van der Waals surface area (Å²) in [6.07, 6.45) is 3.36. The van der Waals surface area contributed by atoms with Crippen molar-refractivity contribution in [1.82, 2.24) is 0 Å². The average molecular weight is 325 g/mol. The highest BCUT2D eigenvalue weighted by Crippen LogP contribution is 2.40. The van der Waals surface area contributed by atoms with Gasteiger partial charge < -0.3 is 4.90 Å². The van der Waals surface area contributed by atoms with Gasteiger partial charge in [-0.3, -0.25) is 0 Å². The molecule has 0 amide bonds. The van der Waals surface area contributed by atoms with Crippen LogP contribution in [0.5, 0.6) is 0 Å². The first-order valence-corrected chi connectivity index (χ1v) is 7.49. The largest absolute Gasteiger partial charge is 0.369 e. The molecule has 0 spiro atoms. The molecule has 0 aromatic heterocycles. The maximum atomic E-state index is 14.3. The Kier molecular flexibility index (Phi) is 4.15. The molecule has 1 aromatic carbocycles. The molecule has 19 heavy (non-hydrogen) atoms. The molecule has 0 atom stereocenters. The highest BCUT2D eigenvalue weighted by Gasteiger charge is 2.36. The molecule has 0 saturated carbocycles. The van der Waals surface area contributed by atoms with E-state index in [0.29, 0.717) is 16.7 Å². The molecule has 4 heteroatoms. The SMILES string of the molecule is CCC1(CC)CCN(c2ccc(C#N)c(Br)c2F)C1. The number of nitriles is 1. The Hall–Kier alpha value is -1.08. The van der Waals surface area contributed by atoms with Gasteiger partial charge in [-0.25, -0.2) is 4.39 Å². The minimum Gasteiger partial charge on any atom is -0.369 e. The Morgan fingerprint density at radius 2 is 2.11 bits per heavy atom. The van der Waals surface area contributed by atoms with Gasteiger partial charge >= 0.3 is 0 Å². The summed E-state index contributed by atoms with van der Waals surface area (Å²) in [4.78, 5) is 2.11. The van der Waals surface area contributed by atoms with Gasteiger partial charge in [-0.1, -0.05) is 13.8 Å². The first-order chi connectivity index (χ1) is 9.06. The molecule has 102 valence electrons. The van der Waals surface area contributed by atoms with Crippen LogP contribution < -0.4 is 4.90 Å². The second-order valence-corrected chi connectivity index (χ2v) is 6.04. The zero-order valence-corrected chi connectivity index (χ0v) is 12.9. The van der Waals surface area contributed by atoms with Crippen molar-refractivity contribution in [3.05, 3.63) is 28.0 Å². The topological polar surface area (TPSA) is 27.0 Å². The number of benzene rings is 1. The van der Waals surface area contributed by atoms with E-state index in [1.165, 1.54) is 0 Å². The maximum absolute atomic E-state index is 14.3. The third kappa shape index (κ3) is 2.49. The third-order valence-electron chi connectivity index (χ3n) is 4.46. The molecular formula is C15H18BrFN2. The lowest BCUT2D eigenvalue weighted by molar-refractivity contribution is 0.301. The molecule has 1 aliphatic heterocycles. The van der Waals surface area contributed by atoms with Gasteiger partial charge in [0, 0.05) is 13.1 Å². The third-order valence-corrected chi connectivity index (χ3v) is 5.24. The number of halogens is 2. The zero-order valence-electron chi connectivity index (χ0n) is 11.3. The van der Waals surface area contributed by atoms with Gasteiger partial charge in [0.1, 0.15) is 6.07 Å². The van der Waals surface area contributed by atoms with E-state index in [-0.39, 0.29) is 10.3 Å². The van der Waals surface area contributed by atoms with Crippen LogP contribution in [-0.2, 0) is 0 Å². The second-order valence-electron chi connectivity index (χ2n) is 5.25. The smallest absolute Gasteiger partial charge is 0.161 e. The van der Waals surface area contributed by atoms with Crippen LogP contribution >= 0.6 is 15.9 Å². The molecule has 1 heterocycles. The number of nitrogens with zero attached hydrogens (tertiary/aromatic N) is 2. The monoisotopic (exact) mass is 324 g/mol. The zero-order chi connectivity index (χ0) is 14.0. The van der Waals surface area contributed by atoms with Crippen LogP contribution in [0.2, 0.25) is 0 Å². The van der Waals surface area contributed by atoms with Crippen molar-refractivity contribution < 1.29 is 4.39 Å². The quantitative estimate of drug-likeness (QED) is 0.819. The van der Waals surface area contributed by atoms with Gasteiger partial charge in [0.2, 0.25) is 0 Å². The lowest BCUT2D eigenvalue weighted by Gasteiger charge is -2.27. The van der Waals surface area contributed by atoms with Gasteiger partial charge in [-0.2, -0.15) is 5.26 Å². The van der Waals surface area contributed by atoms with Crippen molar-refractivity contribution in [1.29, 1.82) is 5.26 Å².